The maximum Gasteiger partial charge on any atom is 0.220 e. The van der Waals surface area contributed by atoms with E-state index >= 15 is 0 Å². The minimum atomic E-state index is -0.121. The first-order valence-corrected chi connectivity index (χ1v) is 11.8. The second-order valence-electron chi connectivity index (χ2n) is 8.80. The van der Waals surface area contributed by atoms with Crippen molar-refractivity contribution >= 4 is 35.8 Å². The van der Waals surface area contributed by atoms with E-state index in [2.05, 4.69) is 51.6 Å². The van der Waals surface area contributed by atoms with Gasteiger partial charge in [0.1, 0.15) is 0 Å². The average Bonchev–Trinajstić information content (AvgIpc) is 2.79. The van der Waals surface area contributed by atoms with Gasteiger partial charge in [-0.3, -0.25) is 9.69 Å². The Morgan fingerprint density at radius 1 is 1.06 bits per heavy atom. The summed E-state index contributed by atoms with van der Waals surface area (Å²) in [5.74, 6) is 1.58. The van der Waals surface area contributed by atoms with Crippen LogP contribution < -0.4 is 10.6 Å². The molecule has 0 aromatic heterocycles. The van der Waals surface area contributed by atoms with E-state index in [4.69, 9.17) is 4.99 Å². The third kappa shape index (κ3) is 8.51. The molecule has 2 aliphatic heterocycles. The first kappa shape index (κ1) is 26.9. The summed E-state index contributed by atoms with van der Waals surface area (Å²) in [5.41, 5.74) is 2.52. The molecule has 0 spiro atoms. The molecule has 1 aromatic rings. The van der Waals surface area contributed by atoms with Crippen molar-refractivity contribution in [3.8, 4) is 0 Å². The van der Waals surface area contributed by atoms with Gasteiger partial charge in [-0.05, 0) is 49.7 Å². The van der Waals surface area contributed by atoms with Crippen molar-refractivity contribution < 1.29 is 9.90 Å². The Morgan fingerprint density at radius 3 is 2.28 bits per heavy atom. The lowest BCUT2D eigenvalue weighted by Gasteiger charge is -2.34. The van der Waals surface area contributed by atoms with Crippen LogP contribution in [0.15, 0.2) is 29.3 Å². The van der Waals surface area contributed by atoms with Crippen LogP contribution >= 0.6 is 24.0 Å². The average molecular weight is 558 g/mol. The number of carbonyl (C=O) groups is 1. The van der Waals surface area contributed by atoms with Crippen LogP contribution in [0.4, 0.5) is 0 Å². The number of aliphatic hydroxyl groups excluding tert-OH is 1. The predicted octanol–water partition coefficient (Wildman–Crippen LogP) is 2.57. The predicted molar refractivity (Wildman–Crippen MR) is 140 cm³/mol. The van der Waals surface area contributed by atoms with E-state index in [0.717, 1.165) is 70.9 Å². The van der Waals surface area contributed by atoms with Crippen LogP contribution in [0, 0.1) is 5.92 Å². The quantitative estimate of drug-likeness (QED) is 0.273. The second kappa shape index (κ2) is 14.0. The van der Waals surface area contributed by atoms with Crippen LogP contribution in [0.3, 0.4) is 0 Å². The van der Waals surface area contributed by atoms with Crippen molar-refractivity contribution in [1.82, 2.24) is 20.4 Å². The van der Waals surface area contributed by atoms with Gasteiger partial charge in [-0.2, -0.15) is 0 Å². The van der Waals surface area contributed by atoms with Crippen molar-refractivity contribution in [2.24, 2.45) is 10.9 Å². The van der Waals surface area contributed by atoms with E-state index in [1.807, 2.05) is 0 Å². The molecule has 2 fully saturated rings. The van der Waals surface area contributed by atoms with Crippen molar-refractivity contribution in [2.45, 2.75) is 58.2 Å². The van der Waals surface area contributed by atoms with Gasteiger partial charge < -0.3 is 20.6 Å². The number of nitrogens with one attached hydrogen (secondary N) is 2. The van der Waals surface area contributed by atoms with E-state index in [-0.39, 0.29) is 36.0 Å². The lowest BCUT2D eigenvalue weighted by Crippen LogP contribution is -2.46. The van der Waals surface area contributed by atoms with Gasteiger partial charge in [0.25, 0.3) is 0 Å². The third-order valence-corrected chi connectivity index (χ3v) is 6.40. The van der Waals surface area contributed by atoms with Gasteiger partial charge in [-0.15, -0.1) is 24.0 Å². The highest BCUT2D eigenvalue weighted by Crippen LogP contribution is 2.21. The summed E-state index contributed by atoms with van der Waals surface area (Å²) < 4.78 is 0. The first-order chi connectivity index (χ1) is 15.1. The number of piperidine rings is 2. The minimum Gasteiger partial charge on any atom is -0.393 e. The van der Waals surface area contributed by atoms with Crippen molar-refractivity contribution in [3.63, 3.8) is 0 Å². The standard InChI is InChI=1S/C24H39N5O2.HI/c1-3-26-24(29-14-8-19(9-15-29)16-23(31)25-2)27-17-20-4-6-21(7-5-20)18-28-12-10-22(30)11-13-28;/h4-7,19,22,30H,3,8-18H2,1-2H3,(H,25,31)(H,26,27);1H. The Kier molecular flexibility index (Phi) is 11.7. The highest BCUT2D eigenvalue weighted by Gasteiger charge is 2.23. The molecule has 32 heavy (non-hydrogen) atoms. The molecule has 2 saturated heterocycles. The number of aliphatic imine (C=N–C) groups is 1. The number of hydrogen-bond acceptors (Lipinski definition) is 4. The van der Waals surface area contributed by atoms with Crippen molar-refractivity contribution in [2.75, 3.05) is 39.8 Å². The summed E-state index contributed by atoms with van der Waals surface area (Å²) in [7, 11) is 1.71. The minimum absolute atomic E-state index is 0. The van der Waals surface area contributed by atoms with Crippen LogP contribution in [0.2, 0.25) is 0 Å². The molecule has 0 unspecified atom stereocenters. The monoisotopic (exact) mass is 557 g/mol. The first-order valence-electron chi connectivity index (χ1n) is 11.8. The molecule has 7 nitrogen and oxygen atoms in total. The van der Waals surface area contributed by atoms with Gasteiger partial charge in [0.05, 0.1) is 12.6 Å². The van der Waals surface area contributed by atoms with Gasteiger partial charge in [-0.1, -0.05) is 24.3 Å². The molecule has 8 heteroatoms. The van der Waals surface area contributed by atoms with E-state index in [0.29, 0.717) is 18.9 Å². The van der Waals surface area contributed by atoms with Crippen LogP contribution in [-0.2, 0) is 17.9 Å². The molecule has 2 aliphatic rings. The van der Waals surface area contributed by atoms with Crippen LogP contribution in [0.5, 0.6) is 0 Å². The fraction of sp³-hybridized carbons (Fsp3) is 0.667. The number of rotatable bonds is 7. The fourth-order valence-electron chi connectivity index (χ4n) is 4.39. The molecule has 0 saturated carbocycles. The number of amides is 1. The summed E-state index contributed by atoms with van der Waals surface area (Å²) in [6.45, 7) is 8.38. The number of benzene rings is 1. The Bertz CT molecular complexity index is 712. The number of aliphatic hydroxyl groups is 1. The van der Waals surface area contributed by atoms with Gasteiger partial charge in [0.2, 0.25) is 5.91 Å². The van der Waals surface area contributed by atoms with Crippen molar-refractivity contribution in [3.05, 3.63) is 35.4 Å². The zero-order valence-corrected chi connectivity index (χ0v) is 21.9. The molecule has 0 atom stereocenters. The normalized spacial score (nSPS) is 18.8. The highest BCUT2D eigenvalue weighted by molar-refractivity contribution is 14.0. The Balaban J connectivity index is 0.00000363. The maximum absolute atomic E-state index is 11.6. The molecule has 1 aromatic carbocycles. The number of nitrogens with zero attached hydrogens (tertiary/aromatic N) is 3. The number of hydrogen-bond donors (Lipinski definition) is 3. The summed E-state index contributed by atoms with van der Waals surface area (Å²) in [6, 6.07) is 8.76. The van der Waals surface area contributed by atoms with Gasteiger partial charge >= 0.3 is 0 Å². The van der Waals surface area contributed by atoms with E-state index < -0.39 is 0 Å². The second-order valence-corrected chi connectivity index (χ2v) is 8.80. The topological polar surface area (TPSA) is 80.2 Å². The summed E-state index contributed by atoms with van der Waals surface area (Å²) in [6.07, 6.45) is 4.32. The molecule has 3 rings (SSSR count). The molecule has 2 heterocycles. The zero-order valence-electron chi connectivity index (χ0n) is 19.6. The maximum atomic E-state index is 11.6. The number of guanidine groups is 1. The Morgan fingerprint density at radius 2 is 1.69 bits per heavy atom. The van der Waals surface area contributed by atoms with Crippen LogP contribution in [0.1, 0.15) is 50.2 Å². The summed E-state index contributed by atoms with van der Waals surface area (Å²) in [5, 5.41) is 15.8. The lowest BCUT2D eigenvalue weighted by molar-refractivity contribution is -0.121. The molecular formula is C24H40IN5O2. The molecule has 180 valence electrons. The molecule has 0 bridgehead atoms. The van der Waals surface area contributed by atoms with Crippen molar-refractivity contribution in [1.29, 1.82) is 0 Å². The van der Waals surface area contributed by atoms with E-state index in [1.165, 1.54) is 11.1 Å². The largest absolute Gasteiger partial charge is 0.393 e. The molecule has 3 N–H and O–H groups in total. The smallest absolute Gasteiger partial charge is 0.220 e. The Hall–Kier alpha value is -1.39. The molecule has 0 radical (unpaired) electrons. The van der Waals surface area contributed by atoms with Gasteiger partial charge in [0.15, 0.2) is 5.96 Å². The van der Waals surface area contributed by atoms with E-state index in [9.17, 15) is 9.90 Å². The molecular weight excluding hydrogens is 517 g/mol. The number of carbonyl (C=O) groups excluding carboxylic acids is 1. The summed E-state index contributed by atoms with van der Waals surface area (Å²) >= 11 is 0. The molecule has 0 aliphatic carbocycles. The molecule has 1 amide bonds. The third-order valence-electron chi connectivity index (χ3n) is 6.40. The lowest BCUT2D eigenvalue weighted by atomic mass is 9.93. The summed E-state index contributed by atoms with van der Waals surface area (Å²) in [4.78, 5) is 21.2. The SMILES string of the molecule is CCNC(=NCc1ccc(CN2CCC(O)CC2)cc1)N1CCC(CC(=O)NC)CC1.I. The van der Waals surface area contributed by atoms with Gasteiger partial charge in [0, 0.05) is 52.7 Å². The highest BCUT2D eigenvalue weighted by atomic mass is 127. The number of halogens is 1. The van der Waals surface area contributed by atoms with Crippen LogP contribution in [0.25, 0.3) is 0 Å². The van der Waals surface area contributed by atoms with Crippen LogP contribution in [-0.4, -0.2) is 72.6 Å². The number of likely N-dealkylation sites (tertiary alicyclic amines) is 2. The fourth-order valence-corrected chi connectivity index (χ4v) is 4.39. The zero-order chi connectivity index (χ0) is 22.1. The van der Waals surface area contributed by atoms with Gasteiger partial charge in [-0.25, -0.2) is 4.99 Å². The van der Waals surface area contributed by atoms with E-state index in [1.54, 1.807) is 7.05 Å². The Labute approximate surface area is 210 Å².